The van der Waals surface area contributed by atoms with Crippen LogP contribution >= 0.6 is 0 Å². The molecule has 1 aromatic heterocycles. The highest BCUT2D eigenvalue weighted by Gasteiger charge is 2.29. The molecule has 0 spiro atoms. The fraction of sp³-hybridized carbons (Fsp3) is 0.714. The first-order valence-corrected chi connectivity index (χ1v) is 6.92. The van der Waals surface area contributed by atoms with Gasteiger partial charge in [0.25, 0.3) is 0 Å². The van der Waals surface area contributed by atoms with Crippen molar-refractivity contribution in [3.8, 4) is 5.88 Å². The molecule has 0 aliphatic heterocycles. The number of nitrogens with one attached hydrogen (secondary N) is 1. The van der Waals surface area contributed by atoms with Gasteiger partial charge in [0.1, 0.15) is 5.69 Å². The number of hydrogen-bond donors (Lipinski definition) is 1. The zero-order chi connectivity index (χ0) is 12.8. The Morgan fingerprint density at radius 3 is 2.83 bits per heavy atom. The molecule has 2 unspecified atom stereocenters. The Morgan fingerprint density at radius 1 is 1.28 bits per heavy atom. The van der Waals surface area contributed by atoms with Gasteiger partial charge < -0.3 is 10.1 Å². The molecule has 1 heterocycles. The minimum Gasteiger partial charge on any atom is -0.480 e. The molecule has 1 saturated carbocycles. The van der Waals surface area contributed by atoms with Crippen LogP contribution in [0.2, 0.25) is 0 Å². The first-order chi connectivity index (χ1) is 8.86. The maximum atomic E-state index is 5.36. The fourth-order valence-corrected chi connectivity index (χ4v) is 2.89. The van der Waals surface area contributed by atoms with Crippen LogP contribution in [0.4, 0.5) is 0 Å². The van der Waals surface area contributed by atoms with Crippen molar-refractivity contribution in [1.29, 1.82) is 0 Å². The van der Waals surface area contributed by atoms with Gasteiger partial charge in [0.15, 0.2) is 0 Å². The number of methoxy groups -OCH3 is 1. The van der Waals surface area contributed by atoms with Crippen LogP contribution in [0.5, 0.6) is 5.88 Å². The SMILES string of the molecule is CCNCC1CCCCC1c1nccnc1OC. The topological polar surface area (TPSA) is 47.0 Å². The van der Waals surface area contributed by atoms with Crippen molar-refractivity contribution in [3.05, 3.63) is 18.1 Å². The third kappa shape index (κ3) is 2.99. The van der Waals surface area contributed by atoms with Crippen LogP contribution in [0.1, 0.15) is 44.2 Å². The van der Waals surface area contributed by atoms with Crippen LogP contribution in [0.25, 0.3) is 0 Å². The molecule has 0 amide bonds. The molecule has 1 aromatic rings. The maximum Gasteiger partial charge on any atom is 0.235 e. The molecule has 4 nitrogen and oxygen atoms in total. The number of aromatic nitrogens is 2. The predicted molar refractivity (Wildman–Crippen MR) is 71.8 cm³/mol. The maximum absolute atomic E-state index is 5.36. The Balaban J connectivity index is 2.16. The summed E-state index contributed by atoms with van der Waals surface area (Å²) in [5.41, 5.74) is 1.04. The molecule has 1 fully saturated rings. The molecule has 0 radical (unpaired) electrons. The van der Waals surface area contributed by atoms with E-state index in [-0.39, 0.29) is 0 Å². The summed E-state index contributed by atoms with van der Waals surface area (Å²) >= 11 is 0. The van der Waals surface area contributed by atoms with Gasteiger partial charge in [-0.3, -0.25) is 4.98 Å². The number of ether oxygens (including phenoxy) is 1. The summed E-state index contributed by atoms with van der Waals surface area (Å²) in [7, 11) is 1.68. The lowest BCUT2D eigenvalue weighted by Crippen LogP contribution is -2.30. The Kier molecular flexibility index (Phi) is 4.93. The van der Waals surface area contributed by atoms with Crippen molar-refractivity contribution in [2.75, 3.05) is 20.2 Å². The molecular weight excluding hydrogens is 226 g/mol. The summed E-state index contributed by atoms with van der Waals surface area (Å²) in [6.45, 7) is 4.25. The van der Waals surface area contributed by atoms with E-state index < -0.39 is 0 Å². The van der Waals surface area contributed by atoms with Crippen molar-refractivity contribution in [1.82, 2.24) is 15.3 Å². The highest BCUT2D eigenvalue weighted by atomic mass is 16.5. The molecule has 2 rings (SSSR count). The monoisotopic (exact) mass is 249 g/mol. The third-order valence-electron chi connectivity index (χ3n) is 3.80. The second-order valence-electron chi connectivity index (χ2n) is 4.91. The Morgan fingerprint density at radius 2 is 2.06 bits per heavy atom. The average molecular weight is 249 g/mol. The molecule has 100 valence electrons. The lowest BCUT2D eigenvalue weighted by Gasteiger charge is -2.31. The standard InChI is InChI=1S/C14H23N3O/c1-3-15-10-11-6-4-5-7-12(11)13-14(18-2)17-9-8-16-13/h8-9,11-12,15H,3-7,10H2,1-2H3. The van der Waals surface area contributed by atoms with Crippen molar-refractivity contribution >= 4 is 0 Å². The predicted octanol–water partition coefficient (Wildman–Crippen LogP) is 2.37. The summed E-state index contributed by atoms with van der Waals surface area (Å²) in [6, 6.07) is 0. The van der Waals surface area contributed by atoms with E-state index in [1.807, 2.05) is 0 Å². The fourth-order valence-electron chi connectivity index (χ4n) is 2.89. The van der Waals surface area contributed by atoms with E-state index in [0.717, 1.165) is 18.8 Å². The summed E-state index contributed by atoms with van der Waals surface area (Å²) in [5, 5.41) is 3.47. The van der Waals surface area contributed by atoms with Crippen molar-refractivity contribution in [2.45, 2.75) is 38.5 Å². The van der Waals surface area contributed by atoms with Crippen molar-refractivity contribution < 1.29 is 4.74 Å². The minimum atomic E-state index is 0.487. The van der Waals surface area contributed by atoms with Gasteiger partial charge in [-0.25, -0.2) is 4.98 Å². The van der Waals surface area contributed by atoms with Gasteiger partial charge in [-0.15, -0.1) is 0 Å². The van der Waals surface area contributed by atoms with Crippen LogP contribution in [0.15, 0.2) is 12.4 Å². The van der Waals surface area contributed by atoms with Crippen molar-refractivity contribution in [3.63, 3.8) is 0 Å². The van der Waals surface area contributed by atoms with Gasteiger partial charge >= 0.3 is 0 Å². The second-order valence-corrected chi connectivity index (χ2v) is 4.91. The zero-order valence-electron chi connectivity index (χ0n) is 11.4. The van der Waals surface area contributed by atoms with Crippen LogP contribution in [0, 0.1) is 5.92 Å². The van der Waals surface area contributed by atoms with Gasteiger partial charge in [0, 0.05) is 18.3 Å². The lowest BCUT2D eigenvalue weighted by molar-refractivity contribution is 0.281. The number of hydrogen-bond acceptors (Lipinski definition) is 4. The summed E-state index contributed by atoms with van der Waals surface area (Å²) in [5.74, 6) is 1.84. The molecule has 1 N–H and O–H groups in total. The van der Waals surface area contributed by atoms with E-state index in [1.54, 1.807) is 19.5 Å². The Hall–Kier alpha value is -1.16. The third-order valence-corrected chi connectivity index (χ3v) is 3.80. The minimum absolute atomic E-state index is 0.487. The zero-order valence-corrected chi connectivity index (χ0v) is 11.4. The molecular formula is C14H23N3O. The highest BCUT2D eigenvalue weighted by molar-refractivity contribution is 5.23. The first kappa shape index (κ1) is 13.3. The quantitative estimate of drug-likeness (QED) is 0.870. The van der Waals surface area contributed by atoms with Crippen LogP contribution < -0.4 is 10.1 Å². The lowest BCUT2D eigenvalue weighted by atomic mass is 9.77. The van der Waals surface area contributed by atoms with Crippen LogP contribution in [-0.4, -0.2) is 30.2 Å². The van der Waals surface area contributed by atoms with E-state index in [4.69, 9.17) is 4.74 Å². The Bertz CT molecular complexity index is 370. The van der Waals surface area contributed by atoms with Gasteiger partial charge in [-0.1, -0.05) is 19.8 Å². The molecule has 0 bridgehead atoms. The van der Waals surface area contributed by atoms with E-state index >= 15 is 0 Å². The van der Waals surface area contributed by atoms with E-state index in [0.29, 0.717) is 17.7 Å². The largest absolute Gasteiger partial charge is 0.480 e. The molecule has 2 atom stereocenters. The molecule has 0 aromatic carbocycles. The smallest absolute Gasteiger partial charge is 0.235 e. The van der Waals surface area contributed by atoms with Crippen LogP contribution in [-0.2, 0) is 0 Å². The van der Waals surface area contributed by atoms with Crippen molar-refractivity contribution in [2.24, 2.45) is 5.92 Å². The molecule has 18 heavy (non-hydrogen) atoms. The first-order valence-electron chi connectivity index (χ1n) is 6.92. The average Bonchev–Trinajstić information content (AvgIpc) is 2.45. The van der Waals surface area contributed by atoms with E-state index in [2.05, 4.69) is 22.2 Å². The molecule has 1 aliphatic rings. The second kappa shape index (κ2) is 6.69. The van der Waals surface area contributed by atoms with Gasteiger partial charge in [0.05, 0.1) is 7.11 Å². The number of nitrogens with zero attached hydrogens (tertiary/aromatic N) is 2. The summed E-state index contributed by atoms with van der Waals surface area (Å²) in [6.07, 6.45) is 8.56. The van der Waals surface area contributed by atoms with E-state index in [1.165, 1.54) is 25.7 Å². The highest BCUT2D eigenvalue weighted by Crippen LogP contribution is 2.39. The molecule has 4 heteroatoms. The molecule has 1 aliphatic carbocycles. The summed E-state index contributed by atoms with van der Waals surface area (Å²) in [4.78, 5) is 8.80. The number of rotatable bonds is 5. The normalized spacial score (nSPS) is 23.9. The van der Waals surface area contributed by atoms with Gasteiger partial charge in [-0.05, 0) is 31.8 Å². The Labute approximate surface area is 109 Å². The van der Waals surface area contributed by atoms with Gasteiger partial charge in [-0.2, -0.15) is 0 Å². The van der Waals surface area contributed by atoms with Crippen LogP contribution in [0.3, 0.4) is 0 Å². The molecule has 0 saturated heterocycles. The van der Waals surface area contributed by atoms with Gasteiger partial charge in [0.2, 0.25) is 5.88 Å². The summed E-state index contributed by atoms with van der Waals surface area (Å²) < 4.78 is 5.36. The van der Waals surface area contributed by atoms with E-state index in [9.17, 15) is 0 Å².